The summed E-state index contributed by atoms with van der Waals surface area (Å²) in [5, 5.41) is 8.88. The fourth-order valence-corrected chi connectivity index (χ4v) is 2.76. The zero-order valence-electron chi connectivity index (χ0n) is 14.4. The normalized spacial score (nSPS) is 11.5. The average Bonchev–Trinajstić information content (AvgIpc) is 2.62. The van der Waals surface area contributed by atoms with Crippen molar-refractivity contribution in [3.8, 4) is 6.07 Å². The number of rotatable bonds is 7. The molecule has 0 radical (unpaired) electrons. The van der Waals surface area contributed by atoms with E-state index in [4.69, 9.17) is 5.26 Å². The fraction of sp³-hybridized carbons (Fsp3) is 0.333. The van der Waals surface area contributed by atoms with Gasteiger partial charge >= 0.3 is 0 Å². The van der Waals surface area contributed by atoms with Crippen LogP contribution >= 0.6 is 0 Å². The quantitative estimate of drug-likeness (QED) is 0.754. The van der Waals surface area contributed by atoms with Gasteiger partial charge in [-0.15, -0.1) is 0 Å². The van der Waals surface area contributed by atoms with Gasteiger partial charge < -0.3 is 4.90 Å². The zero-order chi connectivity index (χ0) is 17.4. The Labute approximate surface area is 144 Å². The Hall–Kier alpha value is -2.60. The molecule has 24 heavy (non-hydrogen) atoms. The molecule has 0 fully saturated rings. The lowest BCUT2D eigenvalue weighted by Crippen LogP contribution is -2.32. The van der Waals surface area contributed by atoms with E-state index in [1.165, 1.54) is 5.56 Å². The first-order chi connectivity index (χ1) is 11.6. The summed E-state index contributed by atoms with van der Waals surface area (Å²) in [6, 6.07) is 19.7. The lowest BCUT2D eigenvalue weighted by atomic mass is 9.97. The molecule has 0 aliphatic heterocycles. The van der Waals surface area contributed by atoms with Gasteiger partial charge in [0.2, 0.25) is 5.91 Å². The van der Waals surface area contributed by atoms with Gasteiger partial charge in [0.1, 0.15) is 0 Å². The Morgan fingerprint density at radius 1 is 1.12 bits per heavy atom. The van der Waals surface area contributed by atoms with Crippen LogP contribution in [0.5, 0.6) is 0 Å². The van der Waals surface area contributed by atoms with Crippen LogP contribution in [-0.2, 0) is 11.3 Å². The Balaban J connectivity index is 2.03. The van der Waals surface area contributed by atoms with Gasteiger partial charge in [-0.1, -0.05) is 56.3 Å². The maximum Gasteiger partial charge on any atom is 0.223 e. The largest absolute Gasteiger partial charge is 0.338 e. The van der Waals surface area contributed by atoms with Crippen molar-refractivity contribution in [3.63, 3.8) is 0 Å². The van der Waals surface area contributed by atoms with Crippen LogP contribution in [0, 0.1) is 11.3 Å². The van der Waals surface area contributed by atoms with Crippen LogP contribution in [0.25, 0.3) is 0 Å². The van der Waals surface area contributed by atoms with Crippen LogP contribution < -0.4 is 0 Å². The van der Waals surface area contributed by atoms with Crippen LogP contribution in [0.2, 0.25) is 0 Å². The molecule has 0 spiro atoms. The van der Waals surface area contributed by atoms with E-state index >= 15 is 0 Å². The zero-order valence-corrected chi connectivity index (χ0v) is 14.4. The maximum atomic E-state index is 12.7. The predicted molar refractivity (Wildman–Crippen MR) is 96.3 cm³/mol. The van der Waals surface area contributed by atoms with Crippen molar-refractivity contribution >= 4 is 5.91 Å². The molecule has 0 saturated carbocycles. The molecule has 2 aromatic carbocycles. The minimum absolute atomic E-state index is 0.178. The summed E-state index contributed by atoms with van der Waals surface area (Å²) in [5.74, 6) is 0.386. The molecule has 2 rings (SSSR count). The molecule has 0 bridgehead atoms. The number of hydrogen-bond acceptors (Lipinski definition) is 2. The van der Waals surface area contributed by atoms with Crippen LogP contribution in [0.1, 0.15) is 49.3 Å². The van der Waals surface area contributed by atoms with E-state index in [9.17, 15) is 4.79 Å². The van der Waals surface area contributed by atoms with E-state index in [1.807, 2.05) is 35.2 Å². The molecule has 1 atom stereocenters. The van der Waals surface area contributed by atoms with E-state index in [-0.39, 0.29) is 11.8 Å². The minimum atomic E-state index is 0.178. The third-order valence-corrected chi connectivity index (χ3v) is 4.15. The van der Waals surface area contributed by atoms with E-state index in [0.29, 0.717) is 18.5 Å². The van der Waals surface area contributed by atoms with Crippen molar-refractivity contribution in [2.45, 2.75) is 39.2 Å². The van der Waals surface area contributed by atoms with E-state index in [1.54, 1.807) is 12.1 Å². The molecule has 0 heterocycles. The Kier molecular flexibility index (Phi) is 6.57. The lowest BCUT2D eigenvalue weighted by molar-refractivity contribution is -0.132. The SMILES string of the molecule is CCCN(Cc1ccc(C#N)cc1)C(=O)CC(C)c1ccccc1. The summed E-state index contributed by atoms with van der Waals surface area (Å²) in [5.41, 5.74) is 2.90. The average molecular weight is 320 g/mol. The predicted octanol–water partition coefficient (Wildman–Crippen LogP) is 4.49. The molecule has 3 heteroatoms. The number of carbonyl (C=O) groups is 1. The topological polar surface area (TPSA) is 44.1 Å². The monoisotopic (exact) mass is 320 g/mol. The van der Waals surface area contributed by atoms with Gasteiger partial charge in [0.05, 0.1) is 11.6 Å². The first-order valence-electron chi connectivity index (χ1n) is 8.45. The summed E-state index contributed by atoms with van der Waals surface area (Å²) >= 11 is 0. The van der Waals surface area contributed by atoms with Crippen LogP contribution in [0.15, 0.2) is 54.6 Å². The van der Waals surface area contributed by atoms with Gasteiger partial charge in [-0.3, -0.25) is 4.79 Å². The first kappa shape index (κ1) is 17.7. The third kappa shape index (κ3) is 4.96. The first-order valence-corrected chi connectivity index (χ1v) is 8.45. The van der Waals surface area contributed by atoms with Crippen molar-refractivity contribution in [2.24, 2.45) is 0 Å². The molecular weight excluding hydrogens is 296 g/mol. The van der Waals surface area contributed by atoms with Gasteiger partial charge in [0.25, 0.3) is 0 Å². The summed E-state index contributed by atoms with van der Waals surface area (Å²) in [6.07, 6.45) is 1.45. The standard InChI is InChI=1S/C21H24N2O/c1-3-13-23(16-19-11-9-18(15-22)10-12-19)21(24)14-17(2)20-7-5-4-6-8-20/h4-12,17H,3,13-14,16H2,1-2H3. The summed E-state index contributed by atoms with van der Waals surface area (Å²) in [7, 11) is 0. The minimum Gasteiger partial charge on any atom is -0.338 e. The van der Waals surface area contributed by atoms with Crippen LogP contribution in [-0.4, -0.2) is 17.4 Å². The number of amides is 1. The molecule has 1 unspecified atom stereocenters. The Bertz CT molecular complexity index is 686. The van der Waals surface area contributed by atoms with Gasteiger partial charge in [-0.05, 0) is 35.6 Å². The Morgan fingerprint density at radius 3 is 2.38 bits per heavy atom. The number of benzene rings is 2. The molecule has 0 saturated heterocycles. The second kappa shape index (κ2) is 8.88. The summed E-state index contributed by atoms with van der Waals surface area (Å²) < 4.78 is 0. The molecule has 1 amide bonds. The van der Waals surface area contributed by atoms with Crippen LogP contribution in [0.4, 0.5) is 0 Å². The van der Waals surface area contributed by atoms with E-state index in [0.717, 1.165) is 18.5 Å². The molecule has 3 nitrogen and oxygen atoms in total. The molecule has 124 valence electrons. The maximum absolute atomic E-state index is 12.7. The lowest BCUT2D eigenvalue weighted by Gasteiger charge is -2.24. The van der Waals surface area contributed by atoms with Crippen molar-refractivity contribution < 1.29 is 4.79 Å². The molecule has 2 aromatic rings. The number of nitriles is 1. The van der Waals surface area contributed by atoms with Gasteiger partial charge in [-0.2, -0.15) is 5.26 Å². The van der Waals surface area contributed by atoms with Gasteiger partial charge in [0.15, 0.2) is 0 Å². The smallest absolute Gasteiger partial charge is 0.223 e. The summed E-state index contributed by atoms with van der Waals surface area (Å²) in [4.78, 5) is 14.6. The van der Waals surface area contributed by atoms with Crippen molar-refractivity contribution in [3.05, 3.63) is 71.3 Å². The number of carbonyl (C=O) groups excluding carboxylic acids is 1. The Morgan fingerprint density at radius 2 is 1.79 bits per heavy atom. The summed E-state index contributed by atoms with van der Waals surface area (Å²) in [6.45, 7) is 5.53. The molecular formula is C21H24N2O. The second-order valence-electron chi connectivity index (χ2n) is 6.14. The fourth-order valence-electron chi connectivity index (χ4n) is 2.76. The number of nitrogens with zero attached hydrogens (tertiary/aromatic N) is 2. The number of hydrogen-bond donors (Lipinski definition) is 0. The molecule has 0 aromatic heterocycles. The van der Waals surface area contributed by atoms with E-state index < -0.39 is 0 Å². The second-order valence-corrected chi connectivity index (χ2v) is 6.14. The molecule has 0 aliphatic carbocycles. The van der Waals surface area contributed by atoms with Crippen molar-refractivity contribution in [2.75, 3.05) is 6.54 Å². The molecule has 0 N–H and O–H groups in total. The highest BCUT2D eigenvalue weighted by Crippen LogP contribution is 2.20. The van der Waals surface area contributed by atoms with Crippen molar-refractivity contribution in [1.29, 1.82) is 5.26 Å². The van der Waals surface area contributed by atoms with Gasteiger partial charge in [-0.25, -0.2) is 0 Å². The highest BCUT2D eigenvalue weighted by molar-refractivity contribution is 5.77. The highest BCUT2D eigenvalue weighted by Gasteiger charge is 2.17. The van der Waals surface area contributed by atoms with E-state index in [2.05, 4.69) is 32.0 Å². The molecule has 0 aliphatic rings. The van der Waals surface area contributed by atoms with Gasteiger partial charge in [0, 0.05) is 19.5 Å². The third-order valence-electron chi connectivity index (χ3n) is 4.15. The highest BCUT2D eigenvalue weighted by atomic mass is 16.2. The van der Waals surface area contributed by atoms with Crippen LogP contribution in [0.3, 0.4) is 0 Å². The van der Waals surface area contributed by atoms with Crippen molar-refractivity contribution in [1.82, 2.24) is 4.90 Å².